The predicted octanol–water partition coefficient (Wildman–Crippen LogP) is 2.79. The topological polar surface area (TPSA) is 69.6 Å². The number of carbonyl (C=O) groups excluding carboxylic acids is 1. The summed E-state index contributed by atoms with van der Waals surface area (Å²) in [5.41, 5.74) is 1.02. The molecular weight excluding hydrogens is 331 g/mol. The van der Waals surface area contributed by atoms with Crippen LogP contribution in [-0.4, -0.2) is 22.1 Å². The average molecular weight is 342 g/mol. The molecule has 1 aliphatic rings. The van der Waals surface area contributed by atoms with Crippen molar-refractivity contribution in [3.8, 4) is 0 Å². The van der Waals surface area contributed by atoms with Gasteiger partial charge in [0.15, 0.2) is 5.11 Å². The zero-order valence-electron chi connectivity index (χ0n) is 12.2. The predicted molar refractivity (Wildman–Crippen MR) is 91.0 cm³/mol. The molecule has 7 heteroatoms. The Kier molecular flexibility index (Phi) is 4.09. The maximum atomic E-state index is 13.9. The summed E-state index contributed by atoms with van der Waals surface area (Å²) in [6, 6.07) is 11.9. The van der Waals surface area contributed by atoms with Gasteiger partial charge in [0.2, 0.25) is 0 Å². The number of anilines is 1. The third-order valence-corrected chi connectivity index (χ3v) is 3.72. The van der Waals surface area contributed by atoms with E-state index in [4.69, 9.17) is 17.3 Å². The number of thiocarbonyl (C=S) groups is 1. The Hall–Kier alpha value is -3.06. The van der Waals surface area contributed by atoms with Crippen LogP contribution in [0.1, 0.15) is 15.9 Å². The quantitative estimate of drug-likeness (QED) is 0.663. The Morgan fingerprint density at radius 3 is 2.46 bits per heavy atom. The van der Waals surface area contributed by atoms with E-state index < -0.39 is 17.7 Å². The summed E-state index contributed by atoms with van der Waals surface area (Å²) < 4.78 is 13.9. The molecule has 1 amide bonds. The molecule has 0 atom stereocenters. The van der Waals surface area contributed by atoms with Crippen LogP contribution in [0.5, 0.6) is 0 Å². The largest absolute Gasteiger partial charge is 0.478 e. The maximum Gasteiger partial charge on any atom is 0.335 e. The van der Waals surface area contributed by atoms with E-state index in [0.717, 1.165) is 4.90 Å². The number of nitrogens with zero attached hydrogens (tertiary/aromatic N) is 1. The molecule has 3 rings (SSSR count). The second-order valence-electron chi connectivity index (χ2n) is 5.01. The van der Waals surface area contributed by atoms with Crippen LogP contribution < -0.4 is 10.2 Å². The van der Waals surface area contributed by atoms with Crippen molar-refractivity contribution < 1.29 is 19.1 Å². The van der Waals surface area contributed by atoms with E-state index in [2.05, 4.69) is 5.32 Å². The van der Waals surface area contributed by atoms with Crippen LogP contribution in [0.4, 0.5) is 10.1 Å². The van der Waals surface area contributed by atoms with Gasteiger partial charge in [-0.3, -0.25) is 4.79 Å². The number of carboxylic acid groups (broad SMARTS) is 1. The molecule has 0 saturated carbocycles. The summed E-state index contributed by atoms with van der Waals surface area (Å²) in [4.78, 5) is 24.4. The molecule has 1 fully saturated rings. The number of aromatic carboxylic acids is 1. The van der Waals surface area contributed by atoms with Crippen LogP contribution in [0.3, 0.4) is 0 Å². The van der Waals surface area contributed by atoms with Crippen LogP contribution >= 0.6 is 12.2 Å². The molecule has 2 aromatic carbocycles. The number of carbonyl (C=O) groups is 2. The number of hydrogen-bond donors (Lipinski definition) is 2. The van der Waals surface area contributed by atoms with E-state index in [9.17, 15) is 14.0 Å². The number of carboxylic acids is 1. The highest BCUT2D eigenvalue weighted by Gasteiger charge is 2.33. The molecule has 5 nitrogen and oxygen atoms in total. The lowest BCUT2D eigenvalue weighted by Gasteiger charge is -2.14. The van der Waals surface area contributed by atoms with E-state index in [1.165, 1.54) is 36.4 Å². The number of rotatable bonds is 3. The Morgan fingerprint density at radius 2 is 1.83 bits per heavy atom. The number of para-hydroxylation sites is 1. The number of benzene rings is 2. The Balaban J connectivity index is 1.91. The monoisotopic (exact) mass is 342 g/mol. The van der Waals surface area contributed by atoms with Crippen molar-refractivity contribution in [2.24, 2.45) is 0 Å². The fourth-order valence-electron chi connectivity index (χ4n) is 2.28. The van der Waals surface area contributed by atoms with Gasteiger partial charge in [-0.05, 0) is 48.1 Å². The third-order valence-electron chi connectivity index (χ3n) is 3.44. The maximum absolute atomic E-state index is 13.9. The summed E-state index contributed by atoms with van der Waals surface area (Å²) in [6.07, 6.45) is 1.53. The normalized spacial score (nSPS) is 15.7. The van der Waals surface area contributed by atoms with Crippen molar-refractivity contribution in [3.63, 3.8) is 0 Å². The number of halogens is 1. The van der Waals surface area contributed by atoms with Gasteiger partial charge in [0, 0.05) is 0 Å². The zero-order chi connectivity index (χ0) is 17.3. The second kappa shape index (κ2) is 6.21. The first kappa shape index (κ1) is 15.8. The summed E-state index contributed by atoms with van der Waals surface area (Å²) in [7, 11) is 0. The minimum absolute atomic E-state index is 0.0737. The molecule has 120 valence electrons. The van der Waals surface area contributed by atoms with E-state index in [0.29, 0.717) is 5.56 Å². The SMILES string of the molecule is O=C(O)c1ccc(/C=C2/NC(=S)N(c3ccccc3F)C2=O)cc1. The lowest BCUT2D eigenvalue weighted by atomic mass is 10.1. The molecule has 2 N–H and O–H groups in total. The molecule has 0 aliphatic carbocycles. The van der Waals surface area contributed by atoms with Crippen LogP contribution in [0.15, 0.2) is 54.2 Å². The fourth-order valence-corrected chi connectivity index (χ4v) is 2.57. The first-order chi connectivity index (χ1) is 11.5. The smallest absolute Gasteiger partial charge is 0.335 e. The first-order valence-electron chi connectivity index (χ1n) is 6.92. The van der Waals surface area contributed by atoms with Crippen LogP contribution in [-0.2, 0) is 4.79 Å². The standard InChI is InChI=1S/C17H11FN2O3S/c18-12-3-1-2-4-14(12)20-15(21)13(19-17(20)24)9-10-5-7-11(8-6-10)16(22)23/h1-9H,(H,19,24)(H,22,23)/b13-9+. The lowest BCUT2D eigenvalue weighted by Crippen LogP contribution is -2.31. The highest BCUT2D eigenvalue weighted by Crippen LogP contribution is 2.25. The van der Waals surface area contributed by atoms with Crippen molar-refractivity contribution >= 4 is 41.0 Å². The molecule has 0 aromatic heterocycles. The van der Waals surface area contributed by atoms with Gasteiger partial charge in [0.1, 0.15) is 11.5 Å². The molecule has 1 saturated heterocycles. The molecule has 1 heterocycles. The number of nitrogens with one attached hydrogen (secondary N) is 1. The summed E-state index contributed by atoms with van der Waals surface area (Å²) in [5, 5.41) is 11.7. The highest BCUT2D eigenvalue weighted by atomic mass is 32.1. The molecule has 1 aliphatic heterocycles. The van der Waals surface area contributed by atoms with Gasteiger partial charge in [-0.1, -0.05) is 24.3 Å². The van der Waals surface area contributed by atoms with Crippen molar-refractivity contribution in [2.75, 3.05) is 4.90 Å². The van der Waals surface area contributed by atoms with Crippen LogP contribution in [0.2, 0.25) is 0 Å². The molecule has 0 radical (unpaired) electrons. The first-order valence-corrected chi connectivity index (χ1v) is 7.33. The fraction of sp³-hybridized carbons (Fsp3) is 0. The van der Waals surface area contributed by atoms with Gasteiger partial charge in [0.05, 0.1) is 11.3 Å². The summed E-state index contributed by atoms with van der Waals surface area (Å²) >= 11 is 5.12. The summed E-state index contributed by atoms with van der Waals surface area (Å²) in [5.74, 6) is -2.06. The van der Waals surface area contributed by atoms with E-state index in [1.54, 1.807) is 18.2 Å². The van der Waals surface area contributed by atoms with Crippen molar-refractivity contribution in [1.29, 1.82) is 0 Å². The molecule has 2 aromatic rings. The minimum atomic E-state index is -1.03. The van der Waals surface area contributed by atoms with Gasteiger partial charge in [-0.2, -0.15) is 0 Å². The molecular formula is C17H11FN2O3S. The van der Waals surface area contributed by atoms with Gasteiger partial charge < -0.3 is 10.4 Å². The van der Waals surface area contributed by atoms with Crippen molar-refractivity contribution in [2.45, 2.75) is 0 Å². The number of amides is 1. The third kappa shape index (κ3) is 2.89. The Bertz CT molecular complexity index is 878. The van der Waals surface area contributed by atoms with Crippen LogP contribution in [0.25, 0.3) is 6.08 Å². The van der Waals surface area contributed by atoms with Crippen molar-refractivity contribution in [1.82, 2.24) is 5.32 Å². The molecule has 0 bridgehead atoms. The average Bonchev–Trinajstić information content (AvgIpc) is 2.83. The van der Waals surface area contributed by atoms with E-state index in [-0.39, 0.29) is 22.1 Å². The van der Waals surface area contributed by atoms with E-state index >= 15 is 0 Å². The molecule has 0 unspecified atom stereocenters. The number of hydrogen-bond acceptors (Lipinski definition) is 3. The Morgan fingerprint density at radius 1 is 1.17 bits per heavy atom. The highest BCUT2D eigenvalue weighted by molar-refractivity contribution is 7.80. The van der Waals surface area contributed by atoms with Gasteiger partial charge in [-0.15, -0.1) is 0 Å². The second-order valence-corrected chi connectivity index (χ2v) is 5.39. The van der Waals surface area contributed by atoms with Gasteiger partial charge in [-0.25, -0.2) is 14.1 Å². The Labute approximate surface area is 142 Å². The van der Waals surface area contributed by atoms with Crippen molar-refractivity contribution in [3.05, 3.63) is 71.2 Å². The van der Waals surface area contributed by atoms with Gasteiger partial charge in [0.25, 0.3) is 5.91 Å². The minimum Gasteiger partial charge on any atom is -0.478 e. The van der Waals surface area contributed by atoms with Crippen LogP contribution in [0, 0.1) is 5.82 Å². The van der Waals surface area contributed by atoms with Gasteiger partial charge >= 0.3 is 5.97 Å². The van der Waals surface area contributed by atoms with E-state index in [1.807, 2.05) is 0 Å². The summed E-state index contributed by atoms with van der Waals surface area (Å²) in [6.45, 7) is 0. The molecule has 24 heavy (non-hydrogen) atoms. The zero-order valence-corrected chi connectivity index (χ0v) is 13.0. The molecule has 0 spiro atoms. The lowest BCUT2D eigenvalue weighted by molar-refractivity contribution is -0.113.